The molecule has 2 aromatic rings. The molecule has 0 bridgehead atoms. The minimum Gasteiger partial charge on any atom is -0.326 e. The van der Waals surface area contributed by atoms with Crippen molar-refractivity contribution in [2.45, 2.75) is 11.8 Å². The van der Waals surface area contributed by atoms with E-state index >= 15 is 0 Å². The first-order valence-corrected chi connectivity index (χ1v) is 8.51. The summed E-state index contributed by atoms with van der Waals surface area (Å²) in [5, 5.41) is 2.53. The highest BCUT2D eigenvalue weighted by molar-refractivity contribution is 9.10. The molecule has 0 saturated heterocycles. The van der Waals surface area contributed by atoms with Crippen molar-refractivity contribution in [1.82, 2.24) is 0 Å². The number of hydrogen-bond acceptors (Lipinski definition) is 3. The van der Waals surface area contributed by atoms with E-state index in [0.717, 1.165) is 6.07 Å². The van der Waals surface area contributed by atoms with Gasteiger partial charge < -0.3 is 5.32 Å². The van der Waals surface area contributed by atoms with E-state index in [1.165, 1.54) is 31.2 Å². The Kier molecular flexibility index (Phi) is 5.00. The molecule has 0 unspecified atom stereocenters. The summed E-state index contributed by atoms with van der Waals surface area (Å²) >= 11 is 2.84. The molecule has 2 N–H and O–H groups in total. The number of carbonyl (C=O) groups is 1. The van der Waals surface area contributed by atoms with Crippen LogP contribution in [0.1, 0.15) is 6.92 Å². The normalized spacial score (nSPS) is 11.1. The minimum absolute atomic E-state index is 0.162. The van der Waals surface area contributed by atoms with Crippen molar-refractivity contribution in [1.29, 1.82) is 0 Å². The van der Waals surface area contributed by atoms with Crippen molar-refractivity contribution < 1.29 is 22.0 Å². The number of sulfonamides is 1. The average molecular weight is 405 g/mol. The van der Waals surface area contributed by atoms with Crippen molar-refractivity contribution in [3.05, 3.63) is 52.5 Å². The highest BCUT2D eigenvalue weighted by Crippen LogP contribution is 2.28. The van der Waals surface area contributed by atoms with Crippen molar-refractivity contribution in [3.63, 3.8) is 0 Å². The number of nitrogens with one attached hydrogen (secondary N) is 2. The van der Waals surface area contributed by atoms with Crippen LogP contribution >= 0.6 is 15.9 Å². The molecule has 0 radical (unpaired) electrons. The molecule has 0 saturated carbocycles. The Morgan fingerprint density at radius 3 is 2.17 bits per heavy atom. The molecular formula is C14H11BrF2N2O3S. The van der Waals surface area contributed by atoms with Gasteiger partial charge in [-0.15, -0.1) is 0 Å². The summed E-state index contributed by atoms with van der Waals surface area (Å²) in [5.41, 5.74) is 0.643. The zero-order valence-electron chi connectivity index (χ0n) is 11.7. The monoisotopic (exact) mass is 404 g/mol. The van der Waals surface area contributed by atoms with Gasteiger partial charge in [0.25, 0.3) is 10.0 Å². The maximum atomic E-state index is 13.8. The number of amides is 1. The van der Waals surface area contributed by atoms with Crippen molar-refractivity contribution >= 4 is 43.2 Å². The van der Waals surface area contributed by atoms with E-state index in [4.69, 9.17) is 0 Å². The number of carbonyl (C=O) groups excluding carboxylic acids is 1. The van der Waals surface area contributed by atoms with Gasteiger partial charge in [-0.05, 0) is 46.3 Å². The van der Waals surface area contributed by atoms with Gasteiger partial charge in [0, 0.05) is 28.8 Å². The molecule has 122 valence electrons. The lowest BCUT2D eigenvalue weighted by atomic mass is 10.3. The molecule has 0 spiro atoms. The maximum absolute atomic E-state index is 13.8. The maximum Gasteiger partial charge on any atom is 0.265 e. The smallest absolute Gasteiger partial charge is 0.265 e. The van der Waals surface area contributed by atoms with Crippen LogP contribution in [-0.4, -0.2) is 14.3 Å². The van der Waals surface area contributed by atoms with Crippen LogP contribution in [0.5, 0.6) is 0 Å². The van der Waals surface area contributed by atoms with Crippen LogP contribution in [0.25, 0.3) is 0 Å². The zero-order valence-corrected chi connectivity index (χ0v) is 14.1. The Morgan fingerprint density at radius 2 is 1.65 bits per heavy atom. The van der Waals surface area contributed by atoms with Gasteiger partial charge in [0.15, 0.2) is 0 Å². The molecule has 1 amide bonds. The van der Waals surface area contributed by atoms with Crippen LogP contribution in [-0.2, 0) is 14.8 Å². The van der Waals surface area contributed by atoms with E-state index in [0.29, 0.717) is 11.8 Å². The standard InChI is InChI=1S/C14H11BrF2N2O3S/c1-8(20)18-10-2-4-11(5-3-10)19-23(21,22)14-12(15)6-9(16)7-13(14)17/h2-7,19H,1H3,(H,18,20). The van der Waals surface area contributed by atoms with Gasteiger partial charge in [0.2, 0.25) is 5.91 Å². The third-order valence-electron chi connectivity index (χ3n) is 2.69. The second-order valence-electron chi connectivity index (χ2n) is 4.56. The van der Waals surface area contributed by atoms with Gasteiger partial charge in [-0.3, -0.25) is 9.52 Å². The number of halogens is 3. The largest absolute Gasteiger partial charge is 0.326 e. The molecule has 0 aromatic heterocycles. The first-order chi connectivity index (χ1) is 10.7. The van der Waals surface area contributed by atoms with Crippen LogP contribution < -0.4 is 10.0 Å². The van der Waals surface area contributed by atoms with E-state index in [9.17, 15) is 22.0 Å². The van der Waals surface area contributed by atoms with Crippen LogP contribution in [0.3, 0.4) is 0 Å². The molecule has 0 atom stereocenters. The van der Waals surface area contributed by atoms with Crippen LogP contribution in [0.15, 0.2) is 45.8 Å². The molecule has 5 nitrogen and oxygen atoms in total. The fourth-order valence-corrected chi connectivity index (χ4v) is 4.04. The van der Waals surface area contributed by atoms with Crippen LogP contribution in [0.4, 0.5) is 20.2 Å². The fraction of sp³-hybridized carbons (Fsp3) is 0.0714. The molecule has 0 aliphatic rings. The third kappa shape index (κ3) is 4.26. The third-order valence-corrected chi connectivity index (χ3v) is 5.03. The Balaban J connectivity index is 2.30. The molecule has 9 heteroatoms. The van der Waals surface area contributed by atoms with Gasteiger partial charge in [0.05, 0.1) is 0 Å². The molecule has 0 aliphatic heterocycles. The zero-order chi connectivity index (χ0) is 17.2. The summed E-state index contributed by atoms with van der Waals surface area (Å²) in [5.74, 6) is -2.37. The first kappa shape index (κ1) is 17.4. The average Bonchev–Trinajstić information content (AvgIpc) is 2.38. The van der Waals surface area contributed by atoms with E-state index in [1.807, 2.05) is 0 Å². The van der Waals surface area contributed by atoms with Gasteiger partial charge in [-0.25, -0.2) is 17.2 Å². The summed E-state index contributed by atoms with van der Waals surface area (Å²) < 4.78 is 53.3. The number of anilines is 2. The summed E-state index contributed by atoms with van der Waals surface area (Å²) in [6.45, 7) is 1.34. The summed E-state index contributed by atoms with van der Waals surface area (Å²) in [7, 11) is -4.25. The predicted octanol–water partition coefficient (Wildman–Crippen LogP) is 3.49. The van der Waals surface area contributed by atoms with Gasteiger partial charge >= 0.3 is 0 Å². The Labute approximate surface area is 139 Å². The lowest BCUT2D eigenvalue weighted by Gasteiger charge is -2.11. The topological polar surface area (TPSA) is 75.3 Å². The van der Waals surface area contributed by atoms with Crippen LogP contribution in [0, 0.1) is 11.6 Å². The number of rotatable bonds is 4. The Hall–Kier alpha value is -2.00. The number of hydrogen-bond donors (Lipinski definition) is 2. The summed E-state index contributed by atoms with van der Waals surface area (Å²) in [4.78, 5) is 10.2. The Morgan fingerprint density at radius 1 is 1.09 bits per heavy atom. The minimum atomic E-state index is -4.25. The second-order valence-corrected chi connectivity index (χ2v) is 7.04. The van der Waals surface area contributed by atoms with Crippen molar-refractivity contribution in [3.8, 4) is 0 Å². The Bertz CT molecular complexity index is 832. The lowest BCUT2D eigenvalue weighted by molar-refractivity contribution is -0.114. The first-order valence-electron chi connectivity index (χ1n) is 6.24. The quantitative estimate of drug-likeness (QED) is 0.818. The summed E-state index contributed by atoms with van der Waals surface area (Å²) in [6, 6.07) is 7.11. The van der Waals surface area contributed by atoms with Gasteiger partial charge in [-0.2, -0.15) is 0 Å². The highest BCUT2D eigenvalue weighted by Gasteiger charge is 2.23. The van der Waals surface area contributed by atoms with Crippen LogP contribution in [0.2, 0.25) is 0 Å². The fourth-order valence-electron chi connectivity index (χ4n) is 1.82. The second kappa shape index (κ2) is 6.63. The SMILES string of the molecule is CC(=O)Nc1ccc(NS(=O)(=O)c2c(F)cc(F)cc2Br)cc1. The van der Waals surface area contributed by atoms with Gasteiger partial charge in [-0.1, -0.05) is 0 Å². The molecule has 2 rings (SSSR count). The molecule has 0 heterocycles. The van der Waals surface area contributed by atoms with Crippen molar-refractivity contribution in [2.75, 3.05) is 10.0 Å². The summed E-state index contributed by atoms with van der Waals surface area (Å²) in [6.07, 6.45) is 0. The number of benzene rings is 2. The van der Waals surface area contributed by atoms with Crippen molar-refractivity contribution in [2.24, 2.45) is 0 Å². The lowest BCUT2D eigenvalue weighted by Crippen LogP contribution is -2.15. The van der Waals surface area contributed by atoms with E-state index in [2.05, 4.69) is 26.0 Å². The van der Waals surface area contributed by atoms with E-state index in [1.54, 1.807) is 0 Å². The predicted molar refractivity (Wildman–Crippen MR) is 85.6 cm³/mol. The van der Waals surface area contributed by atoms with E-state index in [-0.39, 0.29) is 16.1 Å². The molecule has 23 heavy (non-hydrogen) atoms. The molecule has 0 aliphatic carbocycles. The molecule has 2 aromatic carbocycles. The molecular weight excluding hydrogens is 394 g/mol. The van der Waals surface area contributed by atoms with Gasteiger partial charge in [0.1, 0.15) is 16.5 Å². The highest BCUT2D eigenvalue weighted by atomic mass is 79.9. The van der Waals surface area contributed by atoms with E-state index < -0.39 is 26.6 Å². The molecule has 0 fully saturated rings.